The Morgan fingerprint density at radius 1 is 0.212 bits per heavy atom. The summed E-state index contributed by atoms with van der Waals surface area (Å²) in [6, 6.07) is 146. The number of nitrogens with zero attached hydrogens (tertiary/aromatic N) is 3. The first-order valence-corrected chi connectivity index (χ1v) is 53.4. The van der Waals surface area contributed by atoms with Crippen LogP contribution in [0.4, 0.5) is 34.1 Å². The molecule has 0 saturated carbocycles. The van der Waals surface area contributed by atoms with Gasteiger partial charge in [-0.3, -0.25) is 0 Å². The minimum atomic E-state index is -0.461. The van der Waals surface area contributed by atoms with Crippen LogP contribution in [0.5, 0.6) is 0 Å². The molecule has 0 spiro atoms. The lowest BCUT2D eigenvalue weighted by Gasteiger charge is -2.46. The number of anilines is 6. The van der Waals surface area contributed by atoms with Crippen molar-refractivity contribution in [2.45, 2.75) is 157 Å². The molecule has 0 N–H and O–H groups in total. The third-order valence-corrected chi connectivity index (χ3v) is 33.7. The van der Waals surface area contributed by atoms with Gasteiger partial charge in [0.25, 0.3) is 6.71 Å². The quantitative estimate of drug-likeness (QED) is 0.121. The van der Waals surface area contributed by atoms with Crippen LogP contribution in [0.3, 0.4) is 0 Å². The van der Waals surface area contributed by atoms with Gasteiger partial charge in [-0.05, 0) is 289 Å². The predicted molar refractivity (Wildman–Crippen MR) is 631 cm³/mol. The minimum Gasteiger partial charge on any atom is -0.456 e. The van der Waals surface area contributed by atoms with Crippen molar-refractivity contribution >= 4 is 186 Å². The van der Waals surface area contributed by atoms with Crippen molar-refractivity contribution in [1.82, 2.24) is 4.57 Å². The fourth-order valence-electron chi connectivity index (χ4n) is 23.7. The topological polar surface area (TPSA) is 37.7 Å². The molecule has 7 heterocycles. The molecular formula is C138H116BN3O2S2. The highest BCUT2D eigenvalue weighted by Gasteiger charge is 2.48. The van der Waals surface area contributed by atoms with Gasteiger partial charge in [-0.15, -0.1) is 22.7 Å². The van der Waals surface area contributed by atoms with Gasteiger partial charge in [0.1, 0.15) is 22.3 Å². The van der Waals surface area contributed by atoms with Crippen molar-refractivity contribution in [3.63, 3.8) is 0 Å². The summed E-state index contributed by atoms with van der Waals surface area (Å²) in [5, 5.41) is 11.6. The maximum atomic E-state index is 7.23. The van der Waals surface area contributed by atoms with Gasteiger partial charge in [0.2, 0.25) is 0 Å². The summed E-state index contributed by atoms with van der Waals surface area (Å²) >= 11 is 3.78. The number of aromatic nitrogens is 1. The van der Waals surface area contributed by atoms with Crippen LogP contribution in [0.2, 0.25) is 0 Å². The van der Waals surface area contributed by atoms with Gasteiger partial charge in [-0.25, -0.2) is 0 Å². The number of fused-ring (bicyclic) bond motifs is 19. The number of thiophene rings is 2. The van der Waals surface area contributed by atoms with Crippen molar-refractivity contribution in [3.05, 3.63) is 409 Å². The summed E-state index contributed by atoms with van der Waals surface area (Å²) in [5.41, 5.74) is 40.5. The Hall–Kier alpha value is -15.3. The van der Waals surface area contributed by atoms with E-state index in [-0.39, 0.29) is 27.1 Å². The zero-order valence-corrected chi connectivity index (χ0v) is 88.0. The summed E-state index contributed by atoms with van der Waals surface area (Å²) < 4.78 is 22.1. The molecule has 0 fully saturated rings. The number of hydrogen-bond acceptors (Lipinski definition) is 6. The molecule has 2 aliphatic heterocycles. The van der Waals surface area contributed by atoms with Gasteiger partial charge in [0.15, 0.2) is 0 Å². The van der Waals surface area contributed by atoms with E-state index in [1.807, 2.05) is 22.7 Å². The maximum absolute atomic E-state index is 7.23. The Balaban J connectivity index is 0.911. The summed E-state index contributed by atoms with van der Waals surface area (Å²) in [5.74, 6) is 0. The third-order valence-electron chi connectivity index (χ3n) is 31.5. The molecule has 5 aromatic heterocycles. The summed E-state index contributed by atoms with van der Waals surface area (Å²) in [6.07, 6.45) is 0. The zero-order chi connectivity index (χ0) is 100. The molecule has 5 nitrogen and oxygen atoms in total. The molecular weight excluding hydrogens is 1810 g/mol. The highest BCUT2D eigenvalue weighted by atomic mass is 32.1. The molecule has 8 heteroatoms. The molecule has 2 aliphatic rings. The average molecular weight is 1920 g/mol. The van der Waals surface area contributed by atoms with E-state index in [9.17, 15) is 0 Å². The van der Waals surface area contributed by atoms with Gasteiger partial charge >= 0.3 is 0 Å². The second-order valence-corrected chi connectivity index (χ2v) is 49.3. The van der Waals surface area contributed by atoms with Gasteiger partial charge < -0.3 is 23.2 Å². The first kappa shape index (κ1) is 90.7. The van der Waals surface area contributed by atoms with Crippen LogP contribution in [-0.4, -0.2) is 11.3 Å². The van der Waals surface area contributed by atoms with Crippen molar-refractivity contribution < 1.29 is 8.83 Å². The molecule has 0 unspecified atom stereocenters. The second-order valence-electron chi connectivity index (χ2n) is 47.1. The zero-order valence-electron chi connectivity index (χ0n) is 86.3. The molecule has 26 rings (SSSR count). The second kappa shape index (κ2) is 33.1. The molecule has 0 saturated heterocycles. The van der Waals surface area contributed by atoms with Gasteiger partial charge in [-0.1, -0.05) is 361 Å². The monoisotopic (exact) mass is 1920 g/mol. The Morgan fingerprint density at radius 3 is 1.01 bits per heavy atom. The van der Waals surface area contributed by atoms with Crippen molar-refractivity contribution in [1.29, 1.82) is 0 Å². The first-order chi connectivity index (χ1) is 70.2. The van der Waals surface area contributed by atoms with Crippen LogP contribution < -0.4 is 26.2 Å². The molecule has 0 radical (unpaired) electrons. The summed E-state index contributed by atoms with van der Waals surface area (Å²) in [7, 11) is 0. The van der Waals surface area contributed by atoms with E-state index in [0.29, 0.717) is 0 Å². The lowest BCUT2D eigenvalue weighted by molar-refractivity contribution is 0.569. The van der Waals surface area contributed by atoms with Crippen LogP contribution in [0.1, 0.15) is 158 Å². The van der Waals surface area contributed by atoms with E-state index in [0.717, 1.165) is 167 Å². The van der Waals surface area contributed by atoms with Crippen LogP contribution in [0.15, 0.2) is 385 Å². The minimum absolute atomic E-state index is 0.178. The number of furan rings is 2. The largest absolute Gasteiger partial charge is 0.456 e. The van der Waals surface area contributed by atoms with E-state index in [1.165, 1.54) is 118 Å². The molecule has 710 valence electrons. The molecule has 0 bridgehead atoms. The SMILES string of the molecule is CC(C)(C)c1cc(-c2ccc3c(c2)N(c2c(-c4cccc5oc6ccccc6c45)cc(C(C)(C)C)cc2-c2cccc4oc5ccccc5c24)c2cc(-n4c5ccc(C(C)(C)C)cc5c5cc(C(C)(C)C)ccc54)cc4c2B3c2cc(-c3cc(-c5ccccc5)cc(-c5ccccc5)c3)ccc2N4c2c(-c3cccc4sc5ccccc5c34)cc(C(C)(C)C)cc2-c2cccc3sc4ccccc4c23)cc(C(C)(C)C)c1. The van der Waals surface area contributed by atoms with E-state index in [2.05, 4.69) is 515 Å². The summed E-state index contributed by atoms with van der Waals surface area (Å²) in [6.45, 7) is 42.4. The Kier molecular flexibility index (Phi) is 20.6. The Bertz CT molecular complexity index is 9150. The van der Waals surface area contributed by atoms with E-state index < -0.39 is 12.1 Å². The lowest BCUT2D eigenvalue weighted by atomic mass is 9.33. The fourth-order valence-corrected chi connectivity index (χ4v) is 25.9. The molecule has 24 aromatic rings. The van der Waals surface area contributed by atoms with E-state index in [4.69, 9.17) is 8.83 Å². The summed E-state index contributed by atoms with van der Waals surface area (Å²) in [4.78, 5) is 5.65. The third kappa shape index (κ3) is 14.8. The number of rotatable bonds is 11. The van der Waals surface area contributed by atoms with Crippen molar-refractivity contribution in [3.8, 4) is 94.7 Å². The molecule has 0 aliphatic carbocycles. The highest BCUT2D eigenvalue weighted by molar-refractivity contribution is 7.26. The smallest absolute Gasteiger partial charge is 0.252 e. The van der Waals surface area contributed by atoms with E-state index in [1.54, 1.807) is 0 Å². The van der Waals surface area contributed by atoms with Gasteiger partial charge in [0, 0.05) is 118 Å². The molecule has 0 amide bonds. The standard InChI is InChI=1S/C138H116BN3O2S2/c1-133(2,3)89-59-63-112-104(73-89)105-74-90(134(4,5)6)60-64-113(105)140(112)95-79-116-130-117(80-95)142(132-106(96-45-33-51-120-126(96)100-41-25-29-49-118(100)143-120)75-93(137(13,14)15)76-107(132)97-46-34-52-121-127(97)101-42-26-30-50-119(101)144-121)115-71-84(88-68-91(135(7,8)9)72-92(69-88)136(10,11)12)57-61-110(115)139(130)111-70-83(87-66-85(81-37-21-19-22-38-81)65-86(67-87)82-39-23-20-24-40-82)58-62-114(111)141(116)131-108(98-47-35-55-124-128(98)102-43-27-31-53-122(102)145-124)77-94(138(16,17)18)78-109(131)99-48-36-56-125-129(99)103-44-28-32-54-123(103)146-125/h19-80H,1-18H3. The molecule has 19 aromatic carbocycles. The van der Waals surface area contributed by atoms with Gasteiger partial charge in [0.05, 0.1) is 28.1 Å². The Labute approximate surface area is 863 Å². The average Bonchev–Trinajstić information content (AvgIpc) is 0.846. The normalized spacial score (nSPS) is 13.2. The predicted octanol–water partition coefficient (Wildman–Crippen LogP) is 38.5. The number of para-hydroxylation sites is 2. The molecule has 146 heavy (non-hydrogen) atoms. The maximum Gasteiger partial charge on any atom is 0.252 e. The number of benzene rings is 19. The van der Waals surface area contributed by atoms with Crippen LogP contribution in [-0.2, 0) is 32.5 Å². The highest BCUT2D eigenvalue weighted by Crippen LogP contribution is 2.60. The number of hydrogen-bond donors (Lipinski definition) is 0. The fraction of sp³-hybridized carbons (Fsp3) is 0.174. The Morgan fingerprint density at radius 2 is 0.568 bits per heavy atom. The lowest BCUT2D eigenvalue weighted by Crippen LogP contribution is -2.61. The van der Waals surface area contributed by atoms with Crippen LogP contribution in [0.25, 0.3) is 201 Å². The molecule has 0 atom stereocenters. The van der Waals surface area contributed by atoms with Gasteiger partial charge in [-0.2, -0.15) is 0 Å². The van der Waals surface area contributed by atoms with Crippen LogP contribution in [0, 0.1) is 0 Å². The van der Waals surface area contributed by atoms with Crippen LogP contribution >= 0.6 is 22.7 Å². The first-order valence-electron chi connectivity index (χ1n) is 51.7. The van der Waals surface area contributed by atoms with E-state index >= 15 is 0 Å². The van der Waals surface area contributed by atoms with Crippen molar-refractivity contribution in [2.75, 3.05) is 9.80 Å². The van der Waals surface area contributed by atoms with Crippen molar-refractivity contribution in [2.24, 2.45) is 0 Å².